The second-order valence-electron chi connectivity index (χ2n) is 6.51. The van der Waals surface area contributed by atoms with E-state index in [0.717, 1.165) is 15.3 Å². The van der Waals surface area contributed by atoms with Gasteiger partial charge in [0.25, 0.3) is 0 Å². The minimum Gasteiger partial charge on any atom is -1.00 e. The van der Waals surface area contributed by atoms with E-state index in [9.17, 15) is 0 Å². The second-order valence-corrected chi connectivity index (χ2v) is 8.29. The Morgan fingerprint density at radius 1 is 0.857 bits per heavy atom. The average molecular weight is 516 g/mol. The van der Waals surface area contributed by atoms with Crippen LogP contribution in [0.3, 0.4) is 0 Å². The van der Waals surface area contributed by atoms with Gasteiger partial charge in [-0.25, -0.2) is 9.88 Å². The number of halogens is 2. The van der Waals surface area contributed by atoms with Crippen molar-refractivity contribution in [3.63, 3.8) is 0 Å². The number of anilines is 2. The van der Waals surface area contributed by atoms with E-state index >= 15 is 0 Å². The Hall–Kier alpha value is -1.95. The standard InChI is InChI=1S/C23H19BrN2S.BrH/c1-16-14-20(24)12-13-21(16)25-23-26(2)22(15-27-23)19-10-8-18(9-11-19)17-6-4-3-5-7-17;/h3-15H,1-2H3;1H. The van der Waals surface area contributed by atoms with E-state index in [-0.39, 0.29) is 17.0 Å². The first-order valence-corrected chi connectivity index (χ1v) is 10.5. The van der Waals surface area contributed by atoms with Crippen LogP contribution in [0.1, 0.15) is 5.56 Å². The zero-order valence-corrected chi connectivity index (χ0v) is 19.6. The molecule has 0 atom stereocenters. The molecule has 0 aliphatic rings. The van der Waals surface area contributed by atoms with E-state index < -0.39 is 0 Å². The van der Waals surface area contributed by atoms with Crippen molar-refractivity contribution in [3.05, 3.63) is 88.2 Å². The van der Waals surface area contributed by atoms with Crippen molar-refractivity contribution < 1.29 is 21.5 Å². The summed E-state index contributed by atoms with van der Waals surface area (Å²) in [5.74, 6) is 0. The van der Waals surface area contributed by atoms with E-state index in [2.05, 4.69) is 112 Å². The van der Waals surface area contributed by atoms with Crippen molar-refractivity contribution >= 4 is 38.1 Å². The number of hydrogen-bond donors (Lipinski definition) is 1. The van der Waals surface area contributed by atoms with Gasteiger partial charge in [-0.15, -0.1) is 0 Å². The fraction of sp³-hybridized carbons (Fsp3) is 0.0870. The van der Waals surface area contributed by atoms with Gasteiger partial charge in [-0.05, 0) is 41.8 Å². The smallest absolute Gasteiger partial charge is 0.339 e. The van der Waals surface area contributed by atoms with Gasteiger partial charge in [-0.2, -0.15) is 0 Å². The molecule has 28 heavy (non-hydrogen) atoms. The molecule has 0 aliphatic heterocycles. The molecule has 0 bridgehead atoms. The van der Waals surface area contributed by atoms with Gasteiger partial charge in [0.05, 0.1) is 7.05 Å². The number of benzene rings is 3. The van der Waals surface area contributed by atoms with Crippen LogP contribution in [-0.4, -0.2) is 0 Å². The summed E-state index contributed by atoms with van der Waals surface area (Å²) in [6.07, 6.45) is 0. The summed E-state index contributed by atoms with van der Waals surface area (Å²) >= 11 is 5.24. The number of rotatable bonds is 4. The zero-order valence-electron chi connectivity index (χ0n) is 15.6. The first-order valence-electron chi connectivity index (χ1n) is 8.78. The highest BCUT2D eigenvalue weighted by atomic mass is 79.9. The summed E-state index contributed by atoms with van der Waals surface area (Å²) in [5, 5.41) is 6.87. The molecule has 1 N–H and O–H groups in total. The van der Waals surface area contributed by atoms with Gasteiger partial charge in [-0.3, -0.25) is 0 Å². The molecule has 2 nitrogen and oxygen atoms in total. The Morgan fingerprint density at radius 2 is 1.50 bits per heavy atom. The first-order chi connectivity index (χ1) is 13.1. The molecule has 0 fully saturated rings. The van der Waals surface area contributed by atoms with Gasteiger partial charge >= 0.3 is 5.13 Å². The van der Waals surface area contributed by atoms with Crippen LogP contribution < -0.4 is 26.9 Å². The summed E-state index contributed by atoms with van der Waals surface area (Å²) in [5.41, 5.74) is 7.24. The van der Waals surface area contributed by atoms with E-state index in [0.29, 0.717) is 0 Å². The molecule has 0 radical (unpaired) electrons. The molecule has 0 aliphatic carbocycles. The summed E-state index contributed by atoms with van der Waals surface area (Å²) in [7, 11) is 2.10. The number of aromatic nitrogens is 1. The zero-order chi connectivity index (χ0) is 18.8. The molecule has 4 aromatic rings. The molecule has 5 heteroatoms. The van der Waals surface area contributed by atoms with Crippen molar-refractivity contribution in [1.29, 1.82) is 0 Å². The molecule has 0 saturated carbocycles. The van der Waals surface area contributed by atoms with Gasteiger partial charge in [0.15, 0.2) is 0 Å². The maximum Gasteiger partial charge on any atom is 0.339 e. The Morgan fingerprint density at radius 3 is 2.18 bits per heavy atom. The number of aryl methyl sites for hydroxylation is 1. The van der Waals surface area contributed by atoms with Crippen molar-refractivity contribution in [2.75, 3.05) is 5.32 Å². The second kappa shape index (κ2) is 9.03. The Bertz CT molecular complexity index is 1070. The van der Waals surface area contributed by atoms with Gasteiger partial charge in [0.2, 0.25) is 0 Å². The summed E-state index contributed by atoms with van der Waals surface area (Å²) in [4.78, 5) is 0. The predicted octanol–water partition coefficient (Wildman–Crippen LogP) is 3.73. The molecule has 1 heterocycles. The highest BCUT2D eigenvalue weighted by Crippen LogP contribution is 2.29. The third kappa shape index (κ3) is 4.37. The van der Waals surface area contributed by atoms with Gasteiger partial charge in [0, 0.05) is 15.4 Å². The lowest BCUT2D eigenvalue weighted by atomic mass is 10.0. The largest absolute Gasteiger partial charge is 1.00 e. The SMILES string of the molecule is Cc1cc(Br)ccc1Nc1scc(-c2ccc(-c3ccccc3)cc2)[n+]1C.[Br-]. The number of thiazole rings is 1. The Balaban J connectivity index is 0.00000225. The molecule has 1 aromatic heterocycles. The first kappa shape index (κ1) is 20.8. The third-order valence-electron chi connectivity index (χ3n) is 4.67. The van der Waals surface area contributed by atoms with Crippen LogP contribution >= 0.6 is 27.3 Å². The van der Waals surface area contributed by atoms with Crippen molar-refractivity contribution in [1.82, 2.24) is 0 Å². The lowest BCUT2D eigenvalue weighted by molar-refractivity contribution is -0.641. The third-order valence-corrected chi connectivity index (χ3v) is 6.10. The molecule has 3 aromatic carbocycles. The molecule has 0 amide bonds. The molecule has 0 spiro atoms. The van der Waals surface area contributed by atoms with Crippen molar-refractivity contribution in [2.24, 2.45) is 7.05 Å². The fourth-order valence-corrected chi connectivity index (χ4v) is 4.52. The highest BCUT2D eigenvalue weighted by molar-refractivity contribution is 9.10. The van der Waals surface area contributed by atoms with E-state index in [4.69, 9.17) is 0 Å². The van der Waals surface area contributed by atoms with Crippen LogP contribution in [0.2, 0.25) is 0 Å². The maximum absolute atomic E-state index is 3.56. The van der Waals surface area contributed by atoms with Crippen LogP contribution in [0, 0.1) is 6.92 Å². The predicted molar refractivity (Wildman–Crippen MR) is 119 cm³/mol. The maximum atomic E-state index is 3.56. The van der Waals surface area contributed by atoms with Crippen LogP contribution in [0.4, 0.5) is 10.8 Å². The normalized spacial score (nSPS) is 10.4. The molecule has 142 valence electrons. The van der Waals surface area contributed by atoms with Crippen molar-refractivity contribution in [3.8, 4) is 22.4 Å². The quantitative estimate of drug-likeness (QED) is 0.409. The van der Waals surface area contributed by atoms with Crippen LogP contribution in [-0.2, 0) is 7.05 Å². The van der Waals surface area contributed by atoms with Gasteiger partial charge in [-0.1, -0.05) is 81.9 Å². The fourth-order valence-electron chi connectivity index (χ4n) is 3.10. The lowest BCUT2D eigenvalue weighted by Gasteiger charge is -2.05. The number of nitrogens with zero attached hydrogens (tertiary/aromatic N) is 1. The Kier molecular flexibility index (Phi) is 6.70. The summed E-state index contributed by atoms with van der Waals surface area (Å²) in [6, 6.07) is 25.5. The minimum absolute atomic E-state index is 0. The lowest BCUT2D eigenvalue weighted by Crippen LogP contribution is -3.00. The molecular formula is C23H20Br2N2S. The summed E-state index contributed by atoms with van der Waals surface area (Å²) < 4.78 is 3.31. The van der Waals surface area contributed by atoms with Gasteiger partial charge in [0.1, 0.15) is 11.4 Å². The topological polar surface area (TPSA) is 15.9 Å². The van der Waals surface area contributed by atoms with Crippen LogP contribution in [0.5, 0.6) is 0 Å². The molecular weight excluding hydrogens is 496 g/mol. The average Bonchev–Trinajstić information content (AvgIpc) is 3.05. The monoisotopic (exact) mass is 514 g/mol. The summed E-state index contributed by atoms with van der Waals surface area (Å²) in [6.45, 7) is 2.11. The van der Waals surface area contributed by atoms with Gasteiger partial charge < -0.3 is 17.0 Å². The Labute approximate surface area is 188 Å². The molecule has 0 unspecified atom stereocenters. The number of nitrogens with one attached hydrogen (secondary N) is 1. The highest BCUT2D eigenvalue weighted by Gasteiger charge is 2.17. The van der Waals surface area contributed by atoms with E-state index in [1.807, 2.05) is 6.07 Å². The molecule has 4 rings (SSSR count). The molecule has 0 saturated heterocycles. The van der Waals surface area contributed by atoms with Crippen molar-refractivity contribution in [2.45, 2.75) is 6.92 Å². The number of hydrogen-bond acceptors (Lipinski definition) is 2. The van der Waals surface area contributed by atoms with E-state index in [1.54, 1.807) is 11.3 Å². The van der Waals surface area contributed by atoms with Crippen LogP contribution in [0.15, 0.2) is 82.6 Å². The van der Waals surface area contributed by atoms with Crippen LogP contribution in [0.25, 0.3) is 22.4 Å². The van der Waals surface area contributed by atoms with E-state index in [1.165, 1.54) is 27.9 Å². The minimum atomic E-state index is 0.